The van der Waals surface area contributed by atoms with Crippen molar-refractivity contribution in [2.75, 3.05) is 0 Å². The summed E-state index contributed by atoms with van der Waals surface area (Å²) in [6.45, 7) is 10.8. The lowest BCUT2D eigenvalue weighted by atomic mass is 10.1. The fraction of sp³-hybridized carbons (Fsp3) is 0.412. The maximum atomic E-state index is 5.90. The van der Waals surface area contributed by atoms with Crippen LogP contribution in [-0.2, 0) is 6.61 Å². The highest BCUT2D eigenvalue weighted by molar-refractivity contribution is 5.30. The van der Waals surface area contributed by atoms with Gasteiger partial charge in [-0.2, -0.15) is 4.98 Å². The molecule has 2 rings (SSSR count). The SMILES string of the molecule is Cc1cccc(COc2nc(C(C)C)nc(C)c2C)c1. The molecule has 0 bridgehead atoms. The lowest BCUT2D eigenvalue weighted by Gasteiger charge is -2.13. The van der Waals surface area contributed by atoms with E-state index in [0.717, 1.165) is 22.6 Å². The van der Waals surface area contributed by atoms with Gasteiger partial charge in [0.05, 0.1) is 0 Å². The zero-order valence-corrected chi connectivity index (χ0v) is 12.9. The number of benzene rings is 1. The van der Waals surface area contributed by atoms with E-state index >= 15 is 0 Å². The van der Waals surface area contributed by atoms with E-state index in [1.54, 1.807) is 0 Å². The van der Waals surface area contributed by atoms with Crippen molar-refractivity contribution in [2.24, 2.45) is 0 Å². The van der Waals surface area contributed by atoms with E-state index in [-0.39, 0.29) is 0 Å². The molecule has 1 heterocycles. The van der Waals surface area contributed by atoms with Crippen molar-refractivity contribution >= 4 is 0 Å². The first-order chi connectivity index (χ1) is 9.47. The van der Waals surface area contributed by atoms with E-state index in [1.807, 2.05) is 19.9 Å². The quantitative estimate of drug-likeness (QED) is 0.838. The third-order valence-corrected chi connectivity index (χ3v) is 3.34. The van der Waals surface area contributed by atoms with E-state index in [0.29, 0.717) is 18.4 Å². The minimum Gasteiger partial charge on any atom is -0.473 e. The summed E-state index contributed by atoms with van der Waals surface area (Å²) in [6, 6.07) is 8.33. The lowest BCUT2D eigenvalue weighted by molar-refractivity contribution is 0.289. The van der Waals surface area contributed by atoms with Crippen LogP contribution in [0.2, 0.25) is 0 Å². The Balaban J connectivity index is 2.20. The summed E-state index contributed by atoms with van der Waals surface area (Å²) in [5.41, 5.74) is 4.40. The Morgan fingerprint density at radius 2 is 1.85 bits per heavy atom. The summed E-state index contributed by atoms with van der Waals surface area (Å²) in [4.78, 5) is 9.05. The van der Waals surface area contributed by atoms with Crippen LogP contribution < -0.4 is 4.74 Å². The average molecular weight is 270 g/mol. The second kappa shape index (κ2) is 6.04. The largest absolute Gasteiger partial charge is 0.473 e. The molecule has 20 heavy (non-hydrogen) atoms. The predicted octanol–water partition coefficient (Wildman–Crippen LogP) is 4.10. The van der Waals surface area contributed by atoms with Gasteiger partial charge in [0.2, 0.25) is 5.88 Å². The second-order valence-electron chi connectivity index (χ2n) is 5.53. The second-order valence-corrected chi connectivity index (χ2v) is 5.53. The molecule has 0 saturated carbocycles. The minimum absolute atomic E-state index is 0.301. The Bertz CT molecular complexity index is 606. The number of hydrogen-bond donors (Lipinski definition) is 0. The average Bonchev–Trinajstić information content (AvgIpc) is 2.40. The number of nitrogens with zero attached hydrogens (tertiary/aromatic N) is 2. The predicted molar refractivity (Wildman–Crippen MR) is 81.1 cm³/mol. The molecule has 0 aliphatic carbocycles. The fourth-order valence-corrected chi connectivity index (χ4v) is 1.98. The highest BCUT2D eigenvalue weighted by atomic mass is 16.5. The number of aryl methyl sites for hydroxylation is 2. The highest BCUT2D eigenvalue weighted by Crippen LogP contribution is 2.21. The summed E-state index contributed by atoms with van der Waals surface area (Å²) >= 11 is 0. The maximum Gasteiger partial charge on any atom is 0.220 e. The summed E-state index contributed by atoms with van der Waals surface area (Å²) in [6.07, 6.45) is 0. The number of rotatable bonds is 4. The highest BCUT2D eigenvalue weighted by Gasteiger charge is 2.11. The summed E-state index contributed by atoms with van der Waals surface area (Å²) in [5, 5.41) is 0. The van der Waals surface area contributed by atoms with Gasteiger partial charge in [-0.15, -0.1) is 0 Å². The van der Waals surface area contributed by atoms with Crippen molar-refractivity contribution in [2.45, 2.75) is 47.1 Å². The van der Waals surface area contributed by atoms with Crippen LogP contribution in [0.15, 0.2) is 24.3 Å². The molecule has 0 spiro atoms. The van der Waals surface area contributed by atoms with E-state index in [4.69, 9.17) is 4.74 Å². The zero-order chi connectivity index (χ0) is 14.7. The molecule has 3 heteroatoms. The number of aromatic nitrogens is 2. The molecule has 3 nitrogen and oxygen atoms in total. The molecule has 1 aromatic carbocycles. The molecule has 0 fully saturated rings. The van der Waals surface area contributed by atoms with E-state index in [2.05, 4.69) is 48.9 Å². The Hall–Kier alpha value is -1.90. The van der Waals surface area contributed by atoms with E-state index in [9.17, 15) is 0 Å². The van der Waals surface area contributed by atoms with E-state index in [1.165, 1.54) is 5.56 Å². The van der Waals surface area contributed by atoms with Crippen molar-refractivity contribution in [1.82, 2.24) is 9.97 Å². The molecule has 106 valence electrons. The first-order valence-electron chi connectivity index (χ1n) is 7.01. The van der Waals surface area contributed by atoms with Gasteiger partial charge in [-0.05, 0) is 26.3 Å². The molecule has 0 N–H and O–H groups in total. The molecule has 0 unspecified atom stereocenters. The topological polar surface area (TPSA) is 35.0 Å². The normalized spacial score (nSPS) is 10.9. The Kier molecular flexibility index (Phi) is 4.38. The molecular formula is C17H22N2O. The van der Waals surface area contributed by atoms with Crippen LogP contribution in [0.5, 0.6) is 5.88 Å². The van der Waals surface area contributed by atoms with Gasteiger partial charge in [-0.1, -0.05) is 43.7 Å². The number of hydrogen-bond acceptors (Lipinski definition) is 3. The van der Waals surface area contributed by atoms with E-state index < -0.39 is 0 Å². The maximum absolute atomic E-state index is 5.90. The standard InChI is InChI=1S/C17H22N2O/c1-11(2)16-18-14(5)13(4)17(19-16)20-10-15-8-6-7-12(3)9-15/h6-9,11H,10H2,1-5H3. The smallest absolute Gasteiger partial charge is 0.220 e. The van der Waals surface area contributed by atoms with Crippen LogP contribution in [0.3, 0.4) is 0 Å². The van der Waals surface area contributed by atoms with Crippen LogP contribution in [-0.4, -0.2) is 9.97 Å². The Morgan fingerprint density at radius 3 is 2.50 bits per heavy atom. The van der Waals surface area contributed by atoms with Crippen molar-refractivity contribution in [3.05, 3.63) is 52.5 Å². The van der Waals surface area contributed by atoms with Gasteiger partial charge in [0.25, 0.3) is 0 Å². The Labute approximate surface area is 121 Å². The fourth-order valence-electron chi connectivity index (χ4n) is 1.98. The van der Waals surface area contributed by atoms with Crippen molar-refractivity contribution < 1.29 is 4.74 Å². The molecule has 1 aromatic heterocycles. The lowest BCUT2D eigenvalue weighted by Crippen LogP contribution is -2.06. The molecule has 0 amide bonds. The number of ether oxygens (including phenoxy) is 1. The minimum atomic E-state index is 0.301. The van der Waals surface area contributed by atoms with Crippen molar-refractivity contribution in [3.63, 3.8) is 0 Å². The molecule has 0 saturated heterocycles. The van der Waals surface area contributed by atoms with Gasteiger partial charge in [0, 0.05) is 17.2 Å². The van der Waals surface area contributed by atoms with Crippen LogP contribution in [0.4, 0.5) is 0 Å². The first kappa shape index (κ1) is 14.5. The summed E-state index contributed by atoms with van der Waals surface area (Å²) in [7, 11) is 0. The van der Waals surface area contributed by atoms with Gasteiger partial charge >= 0.3 is 0 Å². The third-order valence-electron chi connectivity index (χ3n) is 3.34. The summed E-state index contributed by atoms with van der Waals surface area (Å²) < 4.78 is 5.90. The monoisotopic (exact) mass is 270 g/mol. The van der Waals surface area contributed by atoms with Crippen LogP contribution >= 0.6 is 0 Å². The molecule has 0 aliphatic rings. The first-order valence-corrected chi connectivity index (χ1v) is 7.01. The van der Waals surface area contributed by atoms with Crippen LogP contribution in [0.1, 0.15) is 48.0 Å². The molecule has 0 radical (unpaired) electrons. The molecule has 0 aliphatic heterocycles. The van der Waals surface area contributed by atoms with Crippen LogP contribution in [0.25, 0.3) is 0 Å². The van der Waals surface area contributed by atoms with Gasteiger partial charge in [-0.3, -0.25) is 0 Å². The Morgan fingerprint density at radius 1 is 1.10 bits per heavy atom. The summed E-state index contributed by atoms with van der Waals surface area (Å²) in [5.74, 6) is 1.84. The van der Waals surface area contributed by atoms with Gasteiger partial charge in [0.1, 0.15) is 12.4 Å². The molecule has 0 atom stereocenters. The third kappa shape index (κ3) is 3.35. The zero-order valence-electron chi connectivity index (χ0n) is 12.9. The van der Waals surface area contributed by atoms with Gasteiger partial charge in [0.15, 0.2) is 0 Å². The van der Waals surface area contributed by atoms with Gasteiger partial charge in [-0.25, -0.2) is 4.98 Å². The van der Waals surface area contributed by atoms with Crippen LogP contribution in [0, 0.1) is 20.8 Å². The molecular weight excluding hydrogens is 248 g/mol. The van der Waals surface area contributed by atoms with Crippen molar-refractivity contribution in [1.29, 1.82) is 0 Å². The van der Waals surface area contributed by atoms with Crippen molar-refractivity contribution in [3.8, 4) is 5.88 Å². The molecule has 2 aromatic rings. The van der Waals surface area contributed by atoms with Gasteiger partial charge < -0.3 is 4.74 Å².